The maximum absolute atomic E-state index is 12.8. The standard InChI is InChI=1S/C13H16F3NO/c1-4-9(2)17(3)11-6-5-10(8-18)12(7-11)13(14,15)16/h5-9H,4H2,1-3H3. The molecule has 0 aliphatic rings. The summed E-state index contributed by atoms with van der Waals surface area (Å²) in [4.78, 5) is 12.4. The molecule has 0 N–H and O–H groups in total. The second-order valence-corrected chi connectivity index (χ2v) is 4.26. The Labute approximate surface area is 104 Å². The topological polar surface area (TPSA) is 20.3 Å². The van der Waals surface area contributed by atoms with Crippen molar-refractivity contribution in [1.82, 2.24) is 0 Å². The highest BCUT2D eigenvalue weighted by atomic mass is 19.4. The quantitative estimate of drug-likeness (QED) is 0.767. The first kappa shape index (κ1) is 14.5. The maximum Gasteiger partial charge on any atom is 0.417 e. The van der Waals surface area contributed by atoms with E-state index < -0.39 is 11.7 Å². The van der Waals surface area contributed by atoms with Crippen LogP contribution in [-0.2, 0) is 6.18 Å². The Hall–Kier alpha value is -1.52. The first-order chi connectivity index (χ1) is 8.31. The second-order valence-electron chi connectivity index (χ2n) is 4.26. The molecule has 0 fully saturated rings. The Morgan fingerprint density at radius 2 is 2.00 bits per heavy atom. The minimum absolute atomic E-state index is 0.133. The number of carbonyl (C=O) groups is 1. The molecule has 0 saturated carbocycles. The van der Waals surface area contributed by atoms with E-state index in [1.54, 1.807) is 11.9 Å². The smallest absolute Gasteiger partial charge is 0.372 e. The normalized spacial score (nSPS) is 13.2. The number of halogens is 3. The molecule has 0 saturated heterocycles. The molecule has 0 heterocycles. The second kappa shape index (κ2) is 5.42. The molecule has 1 atom stereocenters. The molecule has 0 amide bonds. The Morgan fingerprint density at radius 3 is 2.44 bits per heavy atom. The minimum Gasteiger partial charge on any atom is -0.372 e. The minimum atomic E-state index is -4.51. The van der Waals surface area contributed by atoms with Gasteiger partial charge in [-0.25, -0.2) is 0 Å². The van der Waals surface area contributed by atoms with Gasteiger partial charge < -0.3 is 4.90 Å². The van der Waals surface area contributed by atoms with E-state index in [4.69, 9.17) is 0 Å². The zero-order valence-corrected chi connectivity index (χ0v) is 10.6. The van der Waals surface area contributed by atoms with Crippen LogP contribution in [0.5, 0.6) is 0 Å². The van der Waals surface area contributed by atoms with Crippen LogP contribution in [-0.4, -0.2) is 19.4 Å². The molecule has 5 heteroatoms. The van der Waals surface area contributed by atoms with E-state index in [-0.39, 0.29) is 17.9 Å². The van der Waals surface area contributed by atoms with Crippen LogP contribution in [0, 0.1) is 0 Å². The zero-order chi connectivity index (χ0) is 13.9. The van der Waals surface area contributed by atoms with Gasteiger partial charge in [0.05, 0.1) is 5.56 Å². The SMILES string of the molecule is CCC(C)N(C)c1ccc(C=O)c(C(F)(F)F)c1. The summed E-state index contributed by atoms with van der Waals surface area (Å²) in [6.07, 6.45) is -3.45. The van der Waals surface area contributed by atoms with Gasteiger partial charge in [0, 0.05) is 24.3 Å². The highest BCUT2D eigenvalue weighted by molar-refractivity contribution is 5.79. The molecule has 0 spiro atoms. The number of carbonyl (C=O) groups excluding carboxylic acids is 1. The van der Waals surface area contributed by atoms with Crippen LogP contribution >= 0.6 is 0 Å². The summed E-state index contributed by atoms with van der Waals surface area (Å²) in [5, 5.41) is 0. The van der Waals surface area contributed by atoms with Gasteiger partial charge in [-0.1, -0.05) is 6.92 Å². The number of benzene rings is 1. The van der Waals surface area contributed by atoms with E-state index in [9.17, 15) is 18.0 Å². The lowest BCUT2D eigenvalue weighted by molar-refractivity contribution is -0.137. The molecule has 2 nitrogen and oxygen atoms in total. The van der Waals surface area contributed by atoms with Crippen molar-refractivity contribution in [3.8, 4) is 0 Å². The van der Waals surface area contributed by atoms with Gasteiger partial charge in [-0.15, -0.1) is 0 Å². The molecule has 0 aliphatic heterocycles. The van der Waals surface area contributed by atoms with Gasteiger partial charge in [0.1, 0.15) is 0 Å². The highest BCUT2D eigenvalue weighted by Gasteiger charge is 2.33. The van der Waals surface area contributed by atoms with Gasteiger partial charge in [0.25, 0.3) is 0 Å². The largest absolute Gasteiger partial charge is 0.417 e. The van der Waals surface area contributed by atoms with Crippen molar-refractivity contribution in [1.29, 1.82) is 0 Å². The van der Waals surface area contributed by atoms with Crippen molar-refractivity contribution < 1.29 is 18.0 Å². The van der Waals surface area contributed by atoms with E-state index in [2.05, 4.69) is 0 Å². The summed E-state index contributed by atoms with van der Waals surface area (Å²) in [6.45, 7) is 3.90. The molecule has 0 bridgehead atoms. The molecule has 100 valence electrons. The number of alkyl halides is 3. The van der Waals surface area contributed by atoms with E-state index >= 15 is 0 Å². The van der Waals surface area contributed by atoms with Crippen LogP contribution in [0.3, 0.4) is 0 Å². The van der Waals surface area contributed by atoms with Crippen molar-refractivity contribution >= 4 is 12.0 Å². The first-order valence-electron chi connectivity index (χ1n) is 5.70. The molecule has 0 aliphatic carbocycles. The predicted molar refractivity (Wildman–Crippen MR) is 65.0 cm³/mol. The molecule has 18 heavy (non-hydrogen) atoms. The van der Waals surface area contributed by atoms with Crippen molar-refractivity contribution in [3.05, 3.63) is 29.3 Å². The Balaban J connectivity index is 3.23. The maximum atomic E-state index is 12.8. The number of hydrogen-bond donors (Lipinski definition) is 0. The van der Waals surface area contributed by atoms with Crippen molar-refractivity contribution in [2.24, 2.45) is 0 Å². The Kier molecular flexibility index (Phi) is 4.38. The summed E-state index contributed by atoms with van der Waals surface area (Å²) in [5.74, 6) is 0. The summed E-state index contributed by atoms with van der Waals surface area (Å²) >= 11 is 0. The number of anilines is 1. The van der Waals surface area contributed by atoms with Gasteiger partial charge in [0.15, 0.2) is 6.29 Å². The van der Waals surface area contributed by atoms with E-state index in [0.29, 0.717) is 5.69 Å². The van der Waals surface area contributed by atoms with Crippen molar-refractivity contribution in [2.75, 3.05) is 11.9 Å². The van der Waals surface area contributed by atoms with E-state index in [0.717, 1.165) is 12.5 Å². The molecule has 1 aromatic carbocycles. The fraction of sp³-hybridized carbons (Fsp3) is 0.462. The molecule has 1 rings (SSSR count). The number of aldehydes is 1. The average molecular weight is 259 g/mol. The molecule has 1 unspecified atom stereocenters. The van der Waals surface area contributed by atoms with Gasteiger partial charge >= 0.3 is 6.18 Å². The van der Waals surface area contributed by atoms with Crippen LogP contribution in [0.4, 0.5) is 18.9 Å². The van der Waals surface area contributed by atoms with Crippen LogP contribution in [0.2, 0.25) is 0 Å². The summed E-state index contributed by atoms with van der Waals surface area (Å²) in [7, 11) is 1.74. The Morgan fingerprint density at radius 1 is 1.39 bits per heavy atom. The van der Waals surface area contributed by atoms with Gasteiger partial charge in [-0.3, -0.25) is 4.79 Å². The molecular weight excluding hydrogens is 243 g/mol. The van der Waals surface area contributed by atoms with Crippen LogP contribution in [0.1, 0.15) is 36.2 Å². The number of rotatable bonds is 4. The Bertz CT molecular complexity index is 429. The fourth-order valence-electron chi connectivity index (χ4n) is 1.64. The molecule has 1 aromatic rings. The van der Waals surface area contributed by atoms with Crippen LogP contribution in [0.15, 0.2) is 18.2 Å². The van der Waals surface area contributed by atoms with Crippen molar-refractivity contribution in [2.45, 2.75) is 32.5 Å². The summed E-state index contributed by atoms with van der Waals surface area (Å²) < 4.78 is 38.4. The predicted octanol–water partition coefficient (Wildman–Crippen LogP) is 3.75. The fourth-order valence-corrected chi connectivity index (χ4v) is 1.64. The van der Waals surface area contributed by atoms with Crippen LogP contribution < -0.4 is 4.90 Å². The first-order valence-corrected chi connectivity index (χ1v) is 5.70. The summed E-state index contributed by atoms with van der Waals surface area (Å²) in [5.41, 5.74) is -0.753. The van der Waals surface area contributed by atoms with E-state index in [1.165, 1.54) is 12.1 Å². The van der Waals surface area contributed by atoms with Crippen molar-refractivity contribution in [3.63, 3.8) is 0 Å². The molecular formula is C13H16F3NO. The zero-order valence-electron chi connectivity index (χ0n) is 10.6. The summed E-state index contributed by atoms with van der Waals surface area (Å²) in [6, 6.07) is 3.90. The number of nitrogens with zero attached hydrogens (tertiary/aromatic N) is 1. The third-order valence-electron chi connectivity index (χ3n) is 3.13. The lowest BCUT2D eigenvalue weighted by atomic mass is 10.1. The molecule has 0 aromatic heterocycles. The average Bonchev–Trinajstić information content (AvgIpc) is 2.35. The lowest BCUT2D eigenvalue weighted by Gasteiger charge is -2.27. The third kappa shape index (κ3) is 3.03. The van der Waals surface area contributed by atoms with Crippen LogP contribution in [0.25, 0.3) is 0 Å². The highest BCUT2D eigenvalue weighted by Crippen LogP contribution is 2.34. The monoisotopic (exact) mass is 259 g/mol. The van der Waals surface area contributed by atoms with Gasteiger partial charge in [-0.05, 0) is 31.5 Å². The van der Waals surface area contributed by atoms with Gasteiger partial charge in [-0.2, -0.15) is 13.2 Å². The lowest BCUT2D eigenvalue weighted by Crippen LogP contribution is -2.28. The number of hydrogen-bond acceptors (Lipinski definition) is 2. The van der Waals surface area contributed by atoms with E-state index in [1.807, 2.05) is 13.8 Å². The molecule has 0 radical (unpaired) electrons. The third-order valence-corrected chi connectivity index (χ3v) is 3.13. The van der Waals surface area contributed by atoms with Gasteiger partial charge in [0.2, 0.25) is 0 Å².